The number of fused-ring (bicyclic) bond motifs is 1. The number of hydrogen-bond donors (Lipinski definition) is 1. The van der Waals surface area contributed by atoms with Gasteiger partial charge in [-0.25, -0.2) is 4.98 Å². The molecule has 0 spiro atoms. The van der Waals surface area contributed by atoms with Gasteiger partial charge in [0.2, 0.25) is 0 Å². The zero-order valence-electron chi connectivity index (χ0n) is 15.7. The van der Waals surface area contributed by atoms with Gasteiger partial charge in [-0.3, -0.25) is 4.79 Å². The summed E-state index contributed by atoms with van der Waals surface area (Å²) >= 11 is 0. The minimum Gasteiger partial charge on any atom is -0.487 e. The fourth-order valence-corrected chi connectivity index (χ4v) is 3.76. The van der Waals surface area contributed by atoms with Gasteiger partial charge >= 0.3 is 5.97 Å². The first-order valence-corrected chi connectivity index (χ1v) is 9.84. The van der Waals surface area contributed by atoms with E-state index in [0.717, 1.165) is 43.1 Å². The van der Waals surface area contributed by atoms with Crippen molar-refractivity contribution in [1.82, 2.24) is 4.98 Å². The maximum Gasteiger partial charge on any atom is 0.306 e. The zero-order valence-corrected chi connectivity index (χ0v) is 15.7. The molecule has 0 radical (unpaired) electrons. The van der Waals surface area contributed by atoms with Gasteiger partial charge in [0.15, 0.2) is 0 Å². The maximum absolute atomic E-state index is 11.6. The number of aromatic nitrogens is 1. The number of ether oxygens (including phenoxy) is 2. The van der Waals surface area contributed by atoms with E-state index in [4.69, 9.17) is 9.47 Å². The molecule has 2 heterocycles. The van der Waals surface area contributed by atoms with Crippen LogP contribution in [-0.4, -0.2) is 24.1 Å². The predicted octanol–water partition coefficient (Wildman–Crippen LogP) is 4.08. The van der Waals surface area contributed by atoms with Crippen LogP contribution in [0.3, 0.4) is 0 Å². The van der Waals surface area contributed by atoms with E-state index >= 15 is 0 Å². The van der Waals surface area contributed by atoms with Gasteiger partial charge in [-0.05, 0) is 67.3 Å². The van der Waals surface area contributed by atoms with E-state index in [-0.39, 0.29) is 5.97 Å². The van der Waals surface area contributed by atoms with Crippen LogP contribution < -0.4 is 10.1 Å². The molecule has 2 aliphatic rings. The van der Waals surface area contributed by atoms with Crippen LogP contribution in [0.1, 0.15) is 48.9 Å². The fraction of sp³-hybridized carbons (Fsp3) is 0.455. The molecule has 1 aromatic heterocycles. The summed E-state index contributed by atoms with van der Waals surface area (Å²) in [5.41, 5.74) is 3.45. The first kappa shape index (κ1) is 17.8. The second-order valence-electron chi connectivity index (χ2n) is 7.31. The first-order chi connectivity index (χ1) is 13.2. The number of pyridine rings is 1. The molecule has 1 aromatic carbocycles. The zero-order chi connectivity index (χ0) is 18.6. The molecule has 2 atom stereocenters. The fourth-order valence-electron chi connectivity index (χ4n) is 3.76. The molecule has 1 N–H and O–H groups in total. The Balaban J connectivity index is 1.34. The van der Waals surface area contributed by atoms with Gasteiger partial charge in [0.25, 0.3) is 0 Å². The molecule has 1 aliphatic carbocycles. The van der Waals surface area contributed by atoms with Gasteiger partial charge in [0.05, 0.1) is 12.3 Å². The molecule has 5 nitrogen and oxygen atoms in total. The monoisotopic (exact) mass is 366 g/mol. The van der Waals surface area contributed by atoms with Crippen molar-refractivity contribution in [2.45, 2.75) is 45.1 Å². The molecule has 2 unspecified atom stereocenters. The van der Waals surface area contributed by atoms with Gasteiger partial charge in [0, 0.05) is 13.0 Å². The van der Waals surface area contributed by atoms with Crippen molar-refractivity contribution in [1.29, 1.82) is 0 Å². The molecule has 0 bridgehead atoms. The number of esters is 1. The van der Waals surface area contributed by atoms with Crippen LogP contribution in [0.2, 0.25) is 0 Å². The average Bonchev–Trinajstić information content (AvgIpc) is 3.45. The van der Waals surface area contributed by atoms with Crippen molar-refractivity contribution < 1.29 is 14.3 Å². The van der Waals surface area contributed by atoms with Crippen molar-refractivity contribution in [3.05, 3.63) is 53.2 Å². The number of aryl methyl sites for hydroxylation is 1. The van der Waals surface area contributed by atoms with E-state index in [0.29, 0.717) is 31.5 Å². The first-order valence-electron chi connectivity index (χ1n) is 9.84. The van der Waals surface area contributed by atoms with Crippen molar-refractivity contribution in [3.63, 3.8) is 0 Å². The quantitative estimate of drug-likeness (QED) is 0.749. The summed E-state index contributed by atoms with van der Waals surface area (Å²) in [6.45, 7) is 3.73. The normalized spacial score (nSPS) is 20.3. The summed E-state index contributed by atoms with van der Waals surface area (Å²) in [4.78, 5) is 16.3. The van der Waals surface area contributed by atoms with Gasteiger partial charge < -0.3 is 14.8 Å². The molecular formula is C22H26N2O3. The lowest BCUT2D eigenvalue weighted by molar-refractivity contribution is -0.143. The van der Waals surface area contributed by atoms with Gasteiger partial charge in [-0.2, -0.15) is 0 Å². The van der Waals surface area contributed by atoms with Crippen molar-refractivity contribution >= 4 is 11.8 Å². The van der Waals surface area contributed by atoms with Gasteiger partial charge in [0.1, 0.15) is 18.2 Å². The van der Waals surface area contributed by atoms with E-state index in [9.17, 15) is 4.79 Å². The van der Waals surface area contributed by atoms with E-state index in [1.807, 2.05) is 25.1 Å². The molecule has 4 rings (SSSR count). The number of carbonyl (C=O) groups excluding carboxylic acids is 1. The van der Waals surface area contributed by atoms with E-state index < -0.39 is 0 Å². The van der Waals surface area contributed by atoms with E-state index in [2.05, 4.69) is 28.5 Å². The lowest BCUT2D eigenvalue weighted by Crippen LogP contribution is -2.14. The van der Waals surface area contributed by atoms with Gasteiger partial charge in [-0.1, -0.05) is 18.2 Å². The van der Waals surface area contributed by atoms with E-state index in [1.165, 1.54) is 11.1 Å². The Morgan fingerprint density at radius 2 is 2.22 bits per heavy atom. The van der Waals surface area contributed by atoms with Crippen molar-refractivity contribution in [3.8, 4) is 5.75 Å². The van der Waals surface area contributed by atoms with Crippen LogP contribution in [0.5, 0.6) is 5.75 Å². The predicted molar refractivity (Wildman–Crippen MR) is 104 cm³/mol. The second kappa shape index (κ2) is 7.99. The van der Waals surface area contributed by atoms with Crippen LogP contribution in [0.25, 0.3) is 0 Å². The van der Waals surface area contributed by atoms with Crippen molar-refractivity contribution in [2.75, 3.05) is 18.5 Å². The molecule has 1 aliphatic heterocycles. The Bertz CT molecular complexity index is 821. The highest BCUT2D eigenvalue weighted by Gasteiger charge is 2.40. The highest BCUT2D eigenvalue weighted by molar-refractivity contribution is 5.70. The number of carbonyl (C=O) groups is 1. The number of rotatable bonds is 7. The second-order valence-corrected chi connectivity index (χ2v) is 7.31. The Morgan fingerprint density at radius 3 is 3.11 bits per heavy atom. The van der Waals surface area contributed by atoms with Gasteiger partial charge in [-0.15, -0.1) is 0 Å². The summed E-state index contributed by atoms with van der Waals surface area (Å²) in [6.07, 6.45) is 3.80. The third-order valence-corrected chi connectivity index (χ3v) is 5.28. The highest BCUT2D eigenvalue weighted by Crippen LogP contribution is 2.50. The number of nitrogens with one attached hydrogen (secondary N) is 1. The third kappa shape index (κ3) is 4.41. The molecule has 1 saturated carbocycles. The average molecular weight is 366 g/mol. The Labute approximate surface area is 160 Å². The topological polar surface area (TPSA) is 60.5 Å². The molecule has 0 amide bonds. The molecule has 5 heteroatoms. The largest absolute Gasteiger partial charge is 0.487 e. The molecule has 0 saturated heterocycles. The minimum atomic E-state index is -0.0931. The Morgan fingerprint density at radius 1 is 1.30 bits per heavy atom. The minimum absolute atomic E-state index is 0.0931. The smallest absolute Gasteiger partial charge is 0.306 e. The number of nitrogens with zero attached hydrogens (tertiary/aromatic N) is 1. The summed E-state index contributed by atoms with van der Waals surface area (Å²) < 4.78 is 11.0. The van der Waals surface area contributed by atoms with Crippen LogP contribution in [-0.2, 0) is 22.6 Å². The van der Waals surface area contributed by atoms with Crippen molar-refractivity contribution in [2.24, 2.45) is 5.92 Å². The van der Waals surface area contributed by atoms with Crippen LogP contribution >= 0.6 is 0 Å². The Hall–Kier alpha value is -2.56. The van der Waals surface area contributed by atoms with Crippen LogP contribution in [0.15, 0.2) is 36.4 Å². The standard InChI is InChI=1S/C22H26N2O3/c1-2-26-21(25)13-17-12-20(17)16-5-3-7-19(11-16)27-14-18-9-8-15-6-4-10-23-22(15)24-18/h3,5,7-9,11,17,20H,2,4,6,10,12-14H2,1H3,(H,23,24). The highest BCUT2D eigenvalue weighted by atomic mass is 16.5. The number of benzene rings is 1. The van der Waals surface area contributed by atoms with Crippen LogP contribution in [0, 0.1) is 5.92 Å². The molecule has 142 valence electrons. The molecular weight excluding hydrogens is 340 g/mol. The number of anilines is 1. The number of hydrogen-bond acceptors (Lipinski definition) is 5. The lowest BCUT2D eigenvalue weighted by Gasteiger charge is -2.17. The molecule has 27 heavy (non-hydrogen) atoms. The third-order valence-electron chi connectivity index (χ3n) is 5.28. The van der Waals surface area contributed by atoms with E-state index in [1.54, 1.807) is 0 Å². The summed E-state index contributed by atoms with van der Waals surface area (Å²) in [7, 11) is 0. The maximum atomic E-state index is 11.6. The van der Waals surface area contributed by atoms with Crippen LogP contribution in [0.4, 0.5) is 5.82 Å². The summed E-state index contributed by atoms with van der Waals surface area (Å²) in [6, 6.07) is 12.4. The summed E-state index contributed by atoms with van der Waals surface area (Å²) in [5, 5.41) is 3.36. The Kier molecular flexibility index (Phi) is 5.28. The molecule has 1 fully saturated rings. The SMILES string of the molecule is CCOC(=O)CC1CC1c1cccc(OCc2ccc3c(n2)NCCC3)c1. The molecule has 2 aromatic rings. The lowest BCUT2D eigenvalue weighted by atomic mass is 10.1. The summed E-state index contributed by atoms with van der Waals surface area (Å²) in [5.74, 6) is 2.58.